The zero-order valence-corrected chi connectivity index (χ0v) is 29.9. The number of benzene rings is 3. The summed E-state index contributed by atoms with van der Waals surface area (Å²) < 4.78 is 11.6. The lowest BCUT2D eigenvalue weighted by Gasteiger charge is -2.20. The van der Waals surface area contributed by atoms with Crippen LogP contribution in [0.15, 0.2) is 85.2 Å². The average Bonchev–Trinajstić information content (AvgIpc) is 3.14. The lowest BCUT2D eigenvalue weighted by atomic mass is 10.0. The number of nitrogens with zero attached hydrogens (tertiary/aromatic N) is 2. The molecule has 0 saturated carbocycles. The molecule has 0 radical (unpaired) electrons. The Labute approximate surface area is 301 Å². The third-order valence-electron chi connectivity index (χ3n) is 8.44. The molecule has 0 aliphatic heterocycles. The van der Waals surface area contributed by atoms with Gasteiger partial charge < -0.3 is 25.2 Å². The van der Waals surface area contributed by atoms with E-state index in [-0.39, 0.29) is 18.7 Å². The molecule has 0 spiro atoms. The molecule has 0 fully saturated rings. The lowest BCUT2D eigenvalue weighted by molar-refractivity contribution is -0.141. The number of ether oxygens (including phenoxy) is 2. The predicted octanol–water partition coefficient (Wildman–Crippen LogP) is 7.20. The maximum atomic E-state index is 13.1. The Morgan fingerprint density at radius 2 is 1.22 bits per heavy atom. The second kappa shape index (κ2) is 20.4. The molecule has 0 aliphatic rings. The Morgan fingerprint density at radius 3 is 1.82 bits per heavy atom. The van der Waals surface area contributed by atoms with E-state index in [1.807, 2.05) is 72.8 Å². The summed E-state index contributed by atoms with van der Waals surface area (Å²) in [5, 5.41) is 14.6. The Hall–Kier alpha value is -5.25. The van der Waals surface area contributed by atoms with Crippen LogP contribution in [0.4, 0.5) is 0 Å². The van der Waals surface area contributed by atoms with E-state index >= 15 is 0 Å². The number of unbranched alkanes of at least 4 members (excludes halogenated alkanes) is 5. The number of aromatic nitrogens is 2. The first-order chi connectivity index (χ1) is 24.7. The summed E-state index contributed by atoms with van der Waals surface area (Å²) in [4.78, 5) is 46.7. The van der Waals surface area contributed by atoms with Gasteiger partial charge in [-0.25, -0.2) is 9.97 Å². The molecule has 2 atom stereocenters. The molecule has 3 N–H and O–H groups in total. The second-order valence-electron chi connectivity index (χ2n) is 12.7. The number of carbonyl (C=O) groups is 3. The molecule has 10 nitrogen and oxygen atoms in total. The highest BCUT2D eigenvalue weighted by molar-refractivity contribution is 5.91. The smallest absolute Gasteiger partial charge is 0.325 e. The van der Waals surface area contributed by atoms with Crippen molar-refractivity contribution in [1.82, 2.24) is 20.6 Å². The highest BCUT2D eigenvalue weighted by atomic mass is 16.5. The summed E-state index contributed by atoms with van der Waals surface area (Å²) >= 11 is 0. The number of rotatable bonds is 21. The van der Waals surface area contributed by atoms with Crippen molar-refractivity contribution in [2.24, 2.45) is 0 Å². The van der Waals surface area contributed by atoms with Crippen LogP contribution in [0, 0.1) is 0 Å². The molecule has 1 heterocycles. The molecule has 4 aromatic rings. The van der Waals surface area contributed by atoms with Crippen molar-refractivity contribution >= 4 is 17.8 Å². The summed E-state index contributed by atoms with van der Waals surface area (Å²) in [6, 6.07) is 20.5. The van der Waals surface area contributed by atoms with Crippen LogP contribution < -0.4 is 20.1 Å². The van der Waals surface area contributed by atoms with Crippen molar-refractivity contribution in [3.8, 4) is 34.0 Å². The summed E-state index contributed by atoms with van der Waals surface area (Å²) in [5.41, 5.74) is 4.20. The largest absolute Gasteiger partial charge is 0.494 e. The van der Waals surface area contributed by atoms with Crippen LogP contribution in [-0.2, 0) is 27.2 Å². The fraction of sp³-hybridized carbons (Fsp3) is 0.390. The minimum Gasteiger partial charge on any atom is -0.494 e. The molecule has 51 heavy (non-hydrogen) atoms. The molecule has 0 saturated heterocycles. The maximum Gasteiger partial charge on any atom is 0.325 e. The van der Waals surface area contributed by atoms with Gasteiger partial charge in [-0.3, -0.25) is 14.4 Å². The normalized spacial score (nSPS) is 12.1. The van der Waals surface area contributed by atoms with Gasteiger partial charge in [-0.1, -0.05) is 94.5 Å². The van der Waals surface area contributed by atoms with Crippen molar-refractivity contribution in [3.05, 3.63) is 96.3 Å². The van der Waals surface area contributed by atoms with E-state index in [0.29, 0.717) is 12.4 Å². The van der Waals surface area contributed by atoms with Gasteiger partial charge >= 0.3 is 5.97 Å². The van der Waals surface area contributed by atoms with Gasteiger partial charge in [0.2, 0.25) is 11.8 Å². The Morgan fingerprint density at radius 1 is 0.667 bits per heavy atom. The van der Waals surface area contributed by atoms with Gasteiger partial charge in [0.15, 0.2) is 5.82 Å². The number of carbonyl (C=O) groups excluding carboxylic acids is 2. The van der Waals surface area contributed by atoms with Gasteiger partial charge in [-0.05, 0) is 60.7 Å². The van der Waals surface area contributed by atoms with Crippen LogP contribution in [0.5, 0.6) is 11.5 Å². The minimum absolute atomic E-state index is 0.0525. The quantitative estimate of drug-likeness (QED) is 0.0779. The summed E-state index contributed by atoms with van der Waals surface area (Å²) in [5.74, 6) is 0.0238. The van der Waals surface area contributed by atoms with E-state index in [4.69, 9.17) is 9.47 Å². The highest BCUT2D eigenvalue weighted by Crippen LogP contribution is 2.24. The number of hydrogen-bond donors (Lipinski definition) is 3. The highest BCUT2D eigenvalue weighted by Gasteiger charge is 2.25. The van der Waals surface area contributed by atoms with Gasteiger partial charge in [0.05, 0.1) is 19.6 Å². The zero-order valence-electron chi connectivity index (χ0n) is 29.9. The summed E-state index contributed by atoms with van der Waals surface area (Å²) in [7, 11) is 0. The Balaban J connectivity index is 1.36. The fourth-order valence-electron chi connectivity index (χ4n) is 5.34. The van der Waals surface area contributed by atoms with Gasteiger partial charge in [-0.2, -0.15) is 0 Å². The average molecular weight is 695 g/mol. The summed E-state index contributed by atoms with van der Waals surface area (Å²) in [6.45, 7) is 7.04. The molecule has 3 aromatic carbocycles. The molecule has 2 amide bonds. The zero-order chi connectivity index (χ0) is 36.4. The van der Waals surface area contributed by atoms with Crippen LogP contribution in [-0.4, -0.2) is 58.2 Å². The third-order valence-corrected chi connectivity index (χ3v) is 8.44. The van der Waals surface area contributed by atoms with Crippen molar-refractivity contribution in [3.63, 3.8) is 0 Å². The van der Waals surface area contributed by atoms with Crippen molar-refractivity contribution in [2.75, 3.05) is 13.2 Å². The molecule has 270 valence electrons. The lowest BCUT2D eigenvalue weighted by Crippen LogP contribution is -2.52. The van der Waals surface area contributed by atoms with Crippen LogP contribution in [0.25, 0.3) is 22.5 Å². The molecule has 1 aromatic heterocycles. The van der Waals surface area contributed by atoms with Crippen molar-refractivity contribution in [1.29, 1.82) is 0 Å². The first-order valence-electron chi connectivity index (χ1n) is 17.9. The first kappa shape index (κ1) is 38.6. The van der Waals surface area contributed by atoms with Gasteiger partial charge in [0, 0.05) is 29.9 Å². The summed E-state index contributed by atoms with van der Waals surface area (Å²) in [6.07, 6.45) is 11.8. The number of carboxylic acids is 1. The molecular weight excluding hydrogens is 644 g/mol. The number of amides is 2. The maximum absolute atomic E-state index is 13.1. The Kier molecular flexibility index (Phi) is 15.4. The number of nitrogens with one attached hydrogen (secondary N) is 2. The minimum atomic E-state index is -1.17. The van der Waals surface area contributed by atoms with Crippen LogP contribution in [0.1, 0.15) is 76.8 Å². The molecule has 0 unspecified atom stereocenters. The molecule has 0 bridgehead atoms. The Bertz CT molecular complexity index is 1660. The monoisotopic (exact) mass is 694 g/mol. The second-order valence-corrected chi connectivity index (χ2v) is 12.7. The molecule has 0 aliphatic carbocycles. The van der Waals surface area contributed by atoms with Crippen molar-refractivity contribution < 1.29 is 29.0 Å². The third kappa shape index (κ3) is 12.9. The molecular formula is C41H50N4O6. The first-order valence-corrected chi connectivity index (χ1v) is 17.9. The van der Waals surface area contributed by atoms with E-state index < -0.39 is 24.0 Å². The van der Waals surface area contributed by atoms with E-state index in [9.17, 15) is 19.5 Å². The van der Waals surface area contributed by atoms with Gasteiger partial charge in [0.1, 0.15) is 23.6 Å². The number of aliphatic carboxylic acids is 1. The molecule has 10 heteroatoms. The van der Waals surface area contributed by atoms with Crippen LogP contribution in [0.2, 0.25) is 0 Å². The molecule has 4 rings (SSSR count). The standard InChI is InChI=1S/C41H50N4O6/c1-4-6-8-9-10-24-51-36-21-17-32(18-22-36)34-27-42-39(43-28-34)33-15-11-30(12-16-33)25-37(40(47)44-29(3)41(48)49)45-38(46)26-31-13-19-35(20-14-31)50-23-7-5-2/h11-22,27-29,37H,4-10,23-26H2,1-3H3,(H,44,47)(H,45,46)(H,48,49)/t29-,37+/m1/s1. The topological polar surface area (TPSA) is 140 Å². The number of carboxylic acid groups (broad SMARTS) is 1. The van der Waals surface area contributed by atoms with Gasteiger partial charge in [-0.15, -0.1) is 0 Å². The van der Waals surface area contributed by atoms with E-state index in [0.717, 1.165) is 65.2 Å². The van der Waals surface area contributed by atoms with E-state index in [1.54, 1.807) is 12.4 Å². The number of hydrogen-bond acceptors (Lipinski definition) is 7. The van der Waals surface area contributed by atoms with E-state index in [2.05, 4.69) is 34.4 Å². The van der Waals surface area contributed by atoms with Crippen LogP contribution >= 0.6 is 0 Å². The predicted molar refractivity (Wildman–Crippen MR) is 199 cm³/mol. The van der Waals surface area contributed by atoms with Crippen LogP contribution in [0.3, 0.4) is 0 Å². The fourth-order valence-corrected chi connectivity index (χ4v) is 5.34. The van der Waals surface area contributed by atoms with Crippen molar-refractivity contribution in [2.45, 2.75) is 90.6 Å². The van der Waals surface area contributed by atoms with Gasteiger partial charge in [0.25, 0.3) is 0 Å². The SMILES string of the molecule is CCCCCCCOc1ccc(-c2cnc(-c3ccc(C[C@H](NC(=O)Cc4ccc(OCCCC)cc4)C(=O)N[C@H](C)C(=O)O)cc3)nc2)cc1. The van der Waals surface area contributed by atoms with E-state index in [1.165, 1.54) is 32.6 Å².